The van der Waals surface area contributed by atoms with E-state index in [1.807, 2.05) is 6.92 Å². The lowest BCUT2D eigenvalue weighted by Gasteiger charge is -2.08. The molecule has 2 N–H and O–H groups in total. The molecule has 0 amide bonds. The highest BCUT2D eigenvalue weighted by Crippen LogP contribution is 2.29. The van der Waals surface area contributed by atoms with Crippen LogP contribution in [0, 0.1) is 6.92 Å². The number of hydrogen-bond acceptors (Lipinski definition) is 5. The number of hydrogen-bond donors (Lipinski definition) is 1. The number of aromatic nitrogens is 2. The summed E-state index contributed by atoms with van der Waals surface area (Å²) in [6.07, 6.45) is 1.96. The van der Waals surface area contributed by atoms with Crippen molar-refractivity contribution in [3.8, 4) is 0 Å². The van der Waals surface area contributed by atoms with Crippen molar-refractivity contribution in [2.75, 3.05) is 0 Å². The Labute approximate surface area is 116 Å². The van der Waals surface area contributed by atoms with E-state index in [-0.39, 0.29) is 6.04 Å². The molecular weight excluding hydrogens is 262 g/mol. The van der Waals surface area contributed by atoms with Crippen molar-refractivity contribution in [3.05, 3.63) is 34.8 Å². The minimum atomic E-state index is 0.259. The molecule has 0 spiro atoms. The van der Waals surface area contributed by atoms with Gasteiger partial charge in [-0.15, -0.1) is 10.2 Å². The zero-order valence-corrected chi connectivity index (χ0v) is 12.2. The van der Waals surface area contributed by atoms with E-state index >= 15 is 0 Å². The third-order valence-electron chi connectivity index (χ3n) is 2.66. The van der Waals surface area contributed by atoms with Crippen LogP contribution in [0.2, 0.25) is 0 Å². The molecule has 5 heteroatoms. The van der Waals surface area contributed by atoms with E-state index in [1.165, 1.54) is 10.5 Å². The van der Waals surface area contributed by atoms with E-state index in [9.17, 15) is 0 Å². The molecule has 0 bridgehead atoms. The Kier molecular flexibility index (Phi) is 4.74. The van der Waals surface area contributed by atoms with Crippen molar-refractivity contribution in [1.82, 2.24) is 10.2 Å². The molecule has 96 valence electrons. The molecule has 0 saturated heterocycles. The summed E-state index contributed by atoms with van der Waals surface area (Å²) in [4.78, 5) is 1.19. The SMILES string of the molecule is CCC(N)Cc1ccc(Sc2nnc(C)s2)cc1. The monoisotopic (exact) mass is 279 g/mol. The van der Waals surface area contributed by atoms with Gasteiger partial charge in [0.05, 0.1) is 0 Å². The van der Waals surface area contributed by atoms with E-state index in [0.29, 0.717) is 0 Å². The third kappa shape index (κ3) is 3.80. The van der Waals surface area contributed by atoms with Crippen molar-refractivity contribution < 1.29 is 0 Å². The normalized spacial score (nSPS) is 12.6. The molecule has 0 radical (unpaired) electrons. The second kappa shape index (κ2) is 6.31. The predicted octanol–water partition coefficient (Wildman–Crippen LogP) is 3.28. The van der Waals surface area contributed by atoms with Crippen molar-refractivity contribution in [1.29, 1.82) is 0 Å². The summed E-state index contributed by atoms with van der Waals surface area (Å²) in [5.74, 6) is 0. The van der Waals surface area contributed by atoms with Crippen molar-refractivity contribution in [3.63, 3.8) is 0 Å². The largest absolute Gasteiger partial charge is 0.327 e. The second-order valence-corrected chi connectivity index (χ2v) is 6.71. The lowest BCUT2D eigenvalue weighted by Crippen LogP contribution is -2.21. The molecule has 1 aromatic heterocycles. The van der Waals surface area contributed by atoms with Crippen molar-refractivity contribution in [2.45, 2.75) is 42.0 Å². The molecule has 1 aromatic carbocycles. The Bertz CT molecular complexity index is 493. The summed E-state index contributed by atoms with van der Waals surface area (Å²) >= 11 is 3.28. The molecule has 18 heavy (non-hydrogen) atoms. The van der Waals surface area contributed by atoms with Gasteiger partial charge >= 0.3 is 0 Å². The molecule has 3 nitrogen and oxygen atoms in total. The molecule has 0 aliphatic carbocycles. The zero-order chi connectivity index (χ0) is 13.0. The predicted molar refractivity (Wildman–Crippen MR) is 77.2 cm³/mol. The Morgan fingerprint density at radius 3 is 2.56 bits per heavy atom. The molecule has 2 aromatic rings. The Morgan fingerprint density at radius 2 is 2.00 bits per heavy atom. The van der Waals surface area contributed by atoms with Crippen LogP contribution >= 0.6 is 23.1 Å². The number of nitrogens with zero attached hydrogens (tertiary/aromatic N) is 2. The Morgan fingerprint density at radius 1 is 1.28 bits per heavy atom. The molecule has 0 fully saturated rings. The number of aryl methyl sites for hydroxylation is 1. The maximum absolute atomic E-state index is 5.95. The average molecular weight is 279 g/mol. The van der Waals surface area contributed by atoms with Crippen LogP contribution < -0.4 is 5.73 Å². The first-order valence-electron chi connectivity index (χ1n) is 6.00. The van der Waals surface area contributed by atoms with Gasteiger partial charge in [0, 0.05) is 10.9 Å². The van der Waals surface area contributed by atoms with Gasteiger partial charge in [-0.25, -0.2) is 0 Å². The smallest absolute Gasteiger partial charge is 0.179 e. The van der Waals surface area contributed by atoms with Crippen LogP contribution in [0.5, 0.6) is 0 Å². The Hall–Kier alpha value is -0.910. The lowest BCUT2D eigenvalue weighted by molar-refractivity contribution is 0.646. The van der Waals surface area contributed by atoms with Gasteiger partial charge in [-0.05, 0) is 37.5 Å². The summed E-state index contributed by atoms with van der Waals surface area (Å²) < 4.78 is 0.991. The van der Waals surface area contributed by atoms with E-state index in [1.54, 1.807) is 23.1 Å². The molecule has 0 aliphatic rings. The molecule has 0 saturated carbocycles. The number of rotatable bonds is 5. The average Bonchev–Trinajstić information content (AvgIpc) is 2.77. The fraction of sp³-hybridized carbons (Fsp3) is 0.385. The minimum Gasteiger partial charge on any atom is -0.327 e. The van der Waals surface area contributed by atoms with Gasteiger partial charge in [-0.1, -0.05) is 42.2 Å². The zero-order valence-electron chi connectivity index (χ0n) is 10.6. The van der Waals surface area contributed by atoms with Gasteiger partial charge in [-0.2, -0.15) is 0 Å². The van der Waals surface area contributed by atoms with Crippen LogP contribution in [0.4, 0.5) is 0 Å². The van der Waals surface area contributed by atoms with Crippen molar-refractivity contribution >= 4 is 23.1 Å². The van der Waals surface area contributed by atoms with Crippen LogP contribution in [-0.2, 0) is 6.42 Å². The molecule has 0 aliphatic heterocycles. The topological polar surface area (TPSA) is 51.8 Å². The first-order chi connectivity index (χ1) is 8.67. The minimum absolute atomic E-state index is 0.259. The first kappa shape index (κ1) is 13.5. The highest BCUT2D eigenvalue weighted by Gasteiger charge is 2.04. The van der Waals surface area contributed by atoms with Gasteiger partial charge in [0.15, 0.2) is 4.34 Å². The molecule has 2 rings (SSSR count). The third-order valence-corrected chi connectivity index (χ3v) is 4.56. The van der Waals surface area contributed by atoms with Gasteiger partial charge < -0.3 is 5.73 Å². The van der Waals surface area contributed by atoms with Gasteiger partial charge in [0.25, 0.3) is 0 Å². The Balaban J connectivity index is 1.99. The molecule has 1 heterocycles. The van der Waals surface area contributed by atoms with E-state index in [0.717, 1.165) is 22.2 Å². The fourth-order valence-corrected chi connectivity index (χ4v) is 3.35. The molecule has 1 atom stereocenters. The van der Waals surface area contributed by atoms with Gasteiger partial charge in [0.2, 0.25) is 0 Å². The van der Waals surface area contributed by atoms with Crippen LogP contribution in [0.1, 0.15) is 23.9 Å². The maximum atomic E-state index is 5.95. The summed E-state index contributed by atoms with van der Waals surface area (Å²) in [7, 11) is 0. The summed E-state index contributed by atoms with van der Waals surface area (Å²) in [5.41, 5.74) is 7.24. The van der Waals surface area contributed by atoms with E-state index in [4.69, 9.17) is 5.73 Å². The molecular formula is C13H17N3S2. The van der Waals surface area contributed by atoms with Crippen LogP contribution in [-0.4, -0.2) is 16.2 Å². The number of nitrogens with two attached hydrogens (primary N) is 1. The maximum Gasteiger partial charge on any atom is 0.179 e. The van der Waals surface area contributed by atoms with E-state index in [2.05, 4.69) is 41.4 Å². The van der Waals surface area contributed by atoms with Gasteiger partial charge in [-0.3, -0.25) is 0 Å². The standard InChI is InChI=1S/C13H17N3S2/c1-3-11(14)8-10-4-6-12(7-5-10)18-13-16-15-9(2)17-13/h4-7,11H,3,8,14H2,1-2H3. The summed E-state index contributed by atoms with van der Waals surface area (Å²) in [6.45, 7) is 4.09. The van der Waals surface area contributed by atoms with Crippen LogP contribution in [0.15, 0.2) is 33.5 Å². The lowest BCUT2D eigenvalue weighted by atomic mass is 10.1. The summed E-state index contributed by atoms with van der Waals surface area (Å²) in [6, 6.07) is 8.80. The highest BCUT2D eigenvalue weighted by molar-refractivity contribution is 8.01. The van der Waals surface area contributed by atoms with Gasteiger partial charge in [0.1, 0.15) is 5.01 Å². The fourth-order valence-electron chi connectivity index (χ4n) is 1.56. The van der Waals surface area contributed by atoms with E-state index < -0.39 is 0 Å². The summed E-state index contributed by atoms with van der Waals surface area (Å²) in [5, 5.41) is 9.12. The first-order valence-corrected chi connectivity index (χ1v) is 7.63. The van der Waals surface area contributed by atoms with Crippen LogP contribution in [0.25, 0.3) is 0 Å². The molecule has 1 unspecified atom stereocenters. The van der Waals surface area contributed by atoms with Crippen molar-refractivity contribution in [2.24, 2.45) is 5.73 Å². The quantitative estimate of drug-likeness (QED) is 0.912. The second-order valence-electron chi connectivity index (χ2n) is 4.21. The van der Waals surface area contributed by atoms with Crippen LogP contribution in [0.3, 0.4) is 0 Å². The highest BCUT2D eigenvalue weighted by atomic mass is 32.2. The number of benzene rings is 1.